The molecule has 1 aliphatic heterocycles. The van der Waals surface area contributed by atoms with Crippen molar-refractivity contribution in [2.24, 2.45) is 0 Å². The van der Waals surface area contributed by atoms with Gasteiger partial charge in [-0.3, -0.25) is 0 Å². The van der Waals surface area contributed by atoms with Crippen molar-refractivity contribution < 1.29 is 19.0 Å². The van der Waals surface area contributed by atoms with Crippen molar-refractivity contribution >= 4 is 17.6 Å². The molecule has 1 unspecified atom stereocenters. The Morgan fingerprint density at radius 1 is 1.14 bits per heavy atom. The van der Waals surface area contributed by atoms with Crippen LogP contribution in [-0.4, -0.2) is 18.7 Å². The highest BCUT2D eigenvalue weighted by Gasteiger charge is 2.28. The maximum absolute atomic E-state index is 12.0. The van der Waals surface area contributed by atoms with Crippen LogP contribution in [0.1, 0.15) is 5.56 Å². The number of hydrogen-bond donors (Lipinski definition) is 0. The van der Waals surface area contributed by atoms with E-state index in [1.165, 1.54) is 0 Å². The first-order valence-electron chi connectivity index (χ1n) is 6.52. The smallest absolute Gasteiger partial charge is 0.351 e. The van der Waals surface area contributed by atoms with Gasteiger partial charge in [0.25, 0.3) is 0 Å². The van der Waals surface area contributed by atoms with Crippen LogP contribution in [-0.2, 0) is 16.1 Å². The van der Waals surface area contributed by atoms with E-state index in [-0.39, 0.29) is 13.2 Å². The molecule has 4 nitrogen and oxygen atoms in total. The molecule has 108 valence electrons. The van der Waals surface area contributed by atoms with Crippen LogP contribution in [0.15, 0.2) is 48.5 Å². The van der Waals surface area contributed by atoms with Crippen molar-refractivity contribution in [1.82, 2.24) is 0 Å². The van der Waals surface area contributed by atoms with Crippen LogP contribution < -0.4 is 9.47 Å². The fraction of sp³-hybridized carbons (Fsp3) is 0.188. The maximum atomic E-state index is 12.0. The quantitative estimate of drug-likeness (QED) is 0.817. The summed E-state index contributed by atoms with van der Waals surface area (Å²) in [4.78, 5) is 12.0. The van der Waals surface area contributed by atoms with E-state index in [0.29, 0.717) is 16.5 Å². The van der Waals surface area contributed by atoms with E-state index < -0.39 is 12.1 Å². The molecular formula is C16H13ClO4. The Morgan fingerprint density at radius 2 is 1.86 bits per heavy atom. The number of halogens is 1. The SMILES string of the molecule is O=C(OCc1ccccc1Cl)C1COc2ccccc2O1. The van der Waals surface area contributed by atoms with Crippen LogP contribution in [0.3, 0.4) is 0 Å². The van der Waals surface area contributed by atoms with Crippen LogP contribution in [0, 0.1) is 0 Å². The summed E-state index contributed by atoms with van der Waals surface area (Å²) < 4.78 is 16.3. The number of esters is 1. The highest BCUT2D eigenvalue weighted by molar-refractivity contribution is 6.31. The molecule has 0 aromatic heterocycles. The zero-order valence-electron chi connectivity index (χ0n) is 11.1. The van der Waals surface area contributed by atoms with Crippen molar-refractivity contribution in [3.8, 4) is 11.5 Å². The van der Waals surface area contributed by atoms with Gasteiger partial charge in [-0.25, -0.2) is 4.79 Å². The number of fused-ring (bicyclic) bond motifs is 1. The van der Waals surface area contributed by atoms with Gasteiger partial charge in [-0.05, 0) is 18.2 Å². The van der Waals surface area contributed by atoms with Gasteiger partial charge in [0.2, 0.25) is 6.10 Å². The number of rotatable bonds is 3. The summed E-state index contributed by atoms with van der Waals surface area (Å²) in [6.07, 6.45) is -0.762. The summed E-state index contributed by atoms with van der Waals surface area (Å²) in [5.41, 5.74) is 0.754. The van der Waals surface area contributed by atoms with E-state index in [1.54, 1.807) is 18.2 Å². The largest absolute Gasteiger partial charge is 0.485 e. The molecule has 0 fully saturated rings. The molecule has 0 aliphatic carbocycles. The Labute approximate surface area is 127 Å². The molecule has 0 radical (unpaired) electrons. The summed E-state index contributed by atoms with van der Waals surface area (Å²) >= 11 is 6.01. The van der Waals surface area contributed by atoms with E-state index in [4.69, 9.17) is 25.8 Å². The van der Waals surface area contributed by atoms with Gasteiger partial charge in [0.1, 0.15) is 13.2 Å². The predicted molar refractivity (Wildman–Crippen MR) is 77.6 cm³/mol. The minimum Gasteiger partial charge on any atom is -0.485 e. The van der Waals surface area contributed by atoms with Gasteiger partial charge in [-0.15, -0.1) is 0 Å². The third-order valence-corrected chi connectivity index (χ3v) is 3.47. The standard InChI is InChI=1S/C16H13ClO4/c17-12-6-2-1-5-11(12)9-20-16(18)15-10-19-13-7-3-4-8-14(13)21-15/h1-8,15H,9-10H2. The number of benzene rings is 2. The van der Waals surface area contributed by atoms with Crippen LogP contribution >= 0.6 is 11.6 Å². The Morgan fingerprint density at radius 3 is 2.67 bits per heavy atom. The van der Waals surface area contributed by atoms with Gasteiger partial charge in [-0.2, -0.15) is 0 Å². The van der Waals surface area contributed by atoms with Crippen molar-refractivity contribution in [3.63, 3.8) is 0 Å². The average Bonchev–Trinajstić information content (AvgIpc) is 2.53. The Hall–Kier alpha value is -2.20. The zero-order valence-corrected chi connectivity index (χ0v) is 11.9. The first-order chi connectivity index (χ1) is 10.2. The number of carbonyl (C=O) groups is 1. The lowest BCUT2D eigenvalue weighted by atomic mass is 10.2. The minimum absolute atomic E-state index is 0.111. The molecule has 2 aromatic carbocycles. The normalized spacial score (nSPS) is 16.3. The molecule has 0 amide bonds. The van der Waals surface area contributed by atoms with E-state index in [2.05, 4.69) is 0 Å². The summed E-state index contributed by atoms with van der Waals surface area (Å²) in [6.45, 7) is 0.248. The predicted octanol–water partition coefficient (Wildman–Crippen LogP) is 3.22. The Kier molecular flexibility index (Phi) is 3.97. The summed E-state index contributed by atoms with van der Waals surface area (Å²) in [5.74, 6) is 0.709. The fourth-order valence-electron chi connectivity index (χ4n) is 1.99. The second kappa shape index (κ2) is 6.06. The topological polar surface area (TPSA) is 44.8 Å². The number of para-hydroxylation sites is 2. The van der Waals surface area contributed by atoms with E-state index in [9.17, 15) is 4.79 Å². The molecule has 5 heteroatoms. The van der Waals surface area contributed by atoms with Crippen molar-refractivity contribution in [2.45, 2.75) is 12.7 Å². The molecule has 1 heterocycles. The van der Waals surface area contributed by atoms with Gasteiger partial charge in [-0.1, -0.05) is 41.9 Å². The van der Waals surface area contributed by atoms with Gasteiger partial charge in [0.05, 0.1) is 0 Å². The van der Waals surface area contributed by atoms with Gasteiger partial charge in [0, 0.05) is 10.6 Å². The molecule has 0 saturated carbocycles. The first kappa shape index (κ1) is 13.8. The lowest BCUT2D eigenvalue weighted by molar-refractivity contribution is -0.155. The summed E-state index contributed by atoms with van der Waals surface area (Å²) in [7, 11) is 0. The number of ether oxygens (including phenoxy) is 3. The molecular weight excluding hydrogens is 292 g/mol. The summed E-state index contributed by atoms with van der Waals surface area (Å²) in [5, 5.41) is 0.566. The van der Waals surface area contributed by atoms with Gasteiger partial charge >= 0.3 is 5.97 Å². The molecule has 21 heavy (non-hydrogen) atoms. The third-order valence-electron chi connectivity index (χ3n) is 3.10. The van der Waals surface area contributed by atoms with E-state index in [1.807, 2.05) is 30.3 Å². The van der Waals surface area contributed by atoms with Crippen LogP contribution in [0.4, 0.5) is 0 Å². The molecule has 2 aromatic rings. The molecule has 0 spiro atoms. The molecule has 3 rings (SSSR count). The third kappa shape index (κ3) is 3.11. The monoisotopic (exact) mass is 304 g/mol. The highest BCUT2D eigenvalue weighted by atomic mass is 35.5. The summed E-state index contributed by atoms with van der Waals surface area (Å²) in [6, 6.07) is 14.4. The van der Waals surface area contributed by atoms with Crippen molar-refractivity contribution in [3.05, 3.63) is 59.1 Å². The Bertz CT molecular complexity index is 656. The number of hydrogen-bond acceptors (Lipinski definition) is 4. The van der Waals surface area contributed by atoms with E-state index >= 15 is 0 Å². The van der Waals surface area contributed by atoms with Gasteiger partial charge < -0.3 is 14.2 Å². The molecule has 0 N–H and O–H groups in total. The molecule has 0 bridgehead atoms. The van der Waals surface area contributed by atoms with Crippen LogP contribution in [0.5, 0.6) is 11.5 Å². The average molecular weight is 305 g/mol. The second-order valence-electron chi connectivity index (χ2n) is 4.56. The Balaban J connectivity index is 1.61. The lowest BCUT2D eigenvalue weighted by Gasteiger charge is -2.24. The lowest BCUT2D eigenvalue weighted by Crippen LogP contribution is -2.37. The second-order valence-corrected chi connectivity index (χ2v) is 4.97. The minimum atomic E-state index is -0.762. The van der Waals surface area contributed by atoms with Crippen molar-refractivity contribution in [2.75, 3.05) is 6.61 Å². The van der Waals surface area contributed by atoms with Gasteiger partial charge in [0.15, 0.2) is 11.5 Å². The van der Waals surface area contributed by atoms with Crippen LogP contribution in [0.25, 0.3) is 0 Å². The first-order valence-corrected chi connectivity index (χ1v) is 6.90. The van der Waals surface area contributed by atoms with Crippen molar-refractivity contribution in [1.29, 1.82) is 0 Å². The highest BCUT2D eigenvalue weighted by Crippen LogP contribution is 2.31. The number of carbonyl (C=O) groups excluding carboxylic acids is 1. The maximum Gasteiger partial charge on any atom is 0.351 e. The van der Waals surface area contributed by atoms with Crippen LogP contribution in [0.2, 0.25) is 5.02 Å². The zero-order chi connectivity index (χ0) is 14.7. The molecule has 1 aliphatic rings. The van der Waals surface area contributed by atoms with E-state index in [0.717, 1.165) is 5.56 Å². The molecule has 1 atom stereocenters. The fourth-order valence-corrected chi connectivity index (χ4v) is 2.18. The molecule has 0 saturated heterocycles.